The predicted octanol–water partition coefficient (Wildman–Crippen LogP) is 2.72. The van der Waals surface area contributed by atoms with E-state index in [1.54, 1.807) is 0 Å². The Morgan fingerprint density at radius 3 is 2.67 bits per heavy atom. The van der Waals surface area contributed by atoms with Gasteiger partial charge in [0.05, 0.1) is 11.4 Å². The largest absolute Gasteiger partial charge is 0.396 e. The molecule has 18 heavy (non-hydrogen) atoms. The highest BCUT2D eigenvalue weighted by molar-refractivity contribution is 5.39. The van der Waals surface area contributed by atoms with Crippen LogP contribution in [-0.2, 0) is 6.42 Å². The summed E-state index contributed by atoms with van der Waals surface area (Å²) < 4.78 is 2.00. The van der Waals surface area contributed by atoms with E-state index in [0.29, 0.717) is 0 Å². The van der Waals surface area contributed by atoms with Crippen molar-refractivity contribution in [1.82, 2.24) is 9.78 Å². The number of hydrogen-bond acceptors (Lipinski definition) is 2. The van der Waals surface area contributed by atoms with Crippen LogP contribution in [0, 0.1) is 20.8 Å². The molecular weight excluding hydrogens is 224 g/mol. The molecule has 0 saturated carbocycles. The van der Waals surface area contributed by atoms with E-state index in [0.717, 1.165) is 24.2 Å². The molecule has 0 spiro atoms. The van der Waals surface area contributed by atoms with Crippen molar-refractivity contribution < 1.29 is 5.11 Å². The van der Waals surface area contributed by atoms with Gasteiger partial charge in [0.15, 0.2) is 0 Å². The number of aliphatic hydroxyl groups is 1. The molecule has 2 aromatic rings. The van der Waals surface area contributed by atoms with E-state index in [2.05, 4.69) is 43.2 Å². The summed E-state index contributed by atoms with van der Waals surface area (Å²) in [6.45, 7) is 6.44. The topological polar surface area (TPSA) is 38.0 Å². The first-order valence-corrected chi connectivity index (χ1v) is 6.36. The van der Waals surface area contributed by atoms with Crippen molar-refractivity contribution in [2.75, 3.05) is 6.61 Å². The highest BCUT2D eigenvalue weighted by Gasteiger charge is 2.12. The van der Waals surface area contributed by atoms with Crippen molar-refractivity contribution in [2.45, 2.75) is 33.6 Å². The van der Waals surface area contributed by atoms with Crippen molar-refractivity contribution >= 4 is 0 Å². The number of benzene rings is 1. The van der Waals surface area contributed by atoms with Gasteiger partial charge in [-0.3, -0.25) is 0 Å². The van der Waals surface area contributed by atoms with Gasteiger partial charge in [0.2, 0.25) is 0 Å². The smallest absolute Gasteiger partial charge is 0.0651 e. The molecule has 1 aromatic heterocycles. The Labute approximate surface area is 108 Å². The maximum atomic E-state index is 8.94. The maximum Gasteiger partial charge on any atom is 0.0651 e. The van der Waals surface area contributed by atoms with Crippen LogP contribution >= 0.6 is 0 Å². The third-order valence-electron chi connectivity index (χ3n) is 3.27. The second-order valence-corrected chi connectivity index (χ2v) is 4.73. The fourth-order valence-corrected chi connectivity index (χ4v) is 2.30. The van der Waals surface area contributed by atoms with Crippen LogP contribution < -0.4 is 0 Å². The van der Waals surface area contributed by atoms with Crippen molar-refractivity contribution in [3.63, 3.8) is 0 Å². The number of nitrogens with zero attached hydrogens (tertiary/aromatic N) is 2. The first-order valence-electron chi connectivity index (χ1n) is 6.36. The first kappa shape index (κ1) is 12.8. The minimum Gasteiger partial charge on any atom is -0.396 e. The summed E-state index contributed by atoms with van der Waals surface area (Å²) in [6, 6.07) is 8.34. The van der Waals surface area contributed by atoms with E-state index in [1.165, 1.54) is 16.8 Å². The van der Waals surface area contributed by atoms with Crippen LogP contribution in [0.3, 0.4) is 0 Å². The average molecular weight is 244 g/mol. The van der Waals surface area contributed by atoms with Crippen molar-refractivity contribution in [1.29, 1.82) is 0 Å². The zero-order valence-corrected chi connectivity index (χ0v) is 11.3. The van der Waals surface area contributed by atoms with Crippen LogP contribution in [0.5, 0.6) is 0 Å². The van der Waals surface area contributed by atoms with Gasteiger partial charge in [0.25, 0.3) is 0 Å². The molecule has 1 aromatic carbocycles. The van der Waals surface area contributed by atoms with Gasteiger partial charge >= 0.3 is 0 Å². The van der Waals surface area contributed by atoms with Gasteiger partial charge in [-0.1, -0.05) is 12.1 Å². The lowest BCUT2D eigenvalue weighted by molar-refractivity contribution is 0.288. The summed E-state index contributed by atoms with van der Waals surface area (Å²) >= 11 is 0. The van der Waals surface area contributed by atoms with E-state index >= 15 is 0 Å². The van der Waals surface area contributed by atoms with Crippen molar-refractivity contribution in [3.05, 3.63) is 46.8 Å². The number of aryl methyl sites for hydroxylation is 2. The molecule has 0 aliphatic carbocycles. The second-order valence-electron chi connectivity index (χ2n) is 4.73. The van der Waals surface area contributed by atoms with Gasteiger partial charge in [0.1, 0.15) is 0 Å². The van der Waals surface area contributed by atoms with Gasteiger partial charge in [-0.2, -0.15) is 5.10 Å². The molecule has 0 radical (unpaired) electrons. The van der Waals surface area contributed by atoms with Crippen LogP contribution in [-0.4, -0.2) is 21.5 Å². The summed E-state index contributed by atoms with van der Waals surface area (Å²) in [7, 11) is 0. The normalized spacial score (nSPS) is 10.9. The standard InChI is InChI=1S/C15H20N2O/c1-11-6-4-7-14(10-11)17-13(3)15(8-5-9-18)12(2)16-17/h4,6-7,10,18H,5,8-9H2,1-3H3. The Balaban J connectivity index is 2.40. The Morgan fingerprint density at radius 1 is 1.22 bits per heavy atom. The van der Waals surface area contributed by atoms with E-state index in [9.17, 15) is 0 Å². The maximum absolute atomic E-state index is 8.94. The molecule has 1 N–H and O–H groups in total. The molecule has 96 valence electrons. The summed E-state index contributed by atoms with van der Waals surface area (Å²) in [6.07, 6.45) is 1.68. The lowest BCUT2D eigenvalue weighted by Gasteiger charge is -2.06. The Morgan fingerprint density at radius 2 is 2.00 bits per heavy atom. The van der Waals surface area contributed by atoms with Gasteiger partial charge in [-0.15, -0.1) is 0 Å². The third kappa shape index (κ3) is 2.46. The highest BCUT2D eigenvalue weighted by Crippen LogP contribution is 2.19. The summed E-state index contributed by atoms with van der Waals surface area (Å²) in [4.78, 5) is 0. The first-order chi connectivity index (χ1) is 8.63. The monoisotopic (exact) mass is 244 g/mol. The number of hydrogen-bond donors (Lipinski definition) is 1. The Hall–Kier alpha value is -1.61. The minimum absolute atomic E-state index is 0.231. The lowest BCUT2D eigenvalue weighted by atomic mass is 10.1. The van der Waals surface area contributed by atoms with Crippen LogP contribution in [0.25, 0.3) is 5.69 Å². The lowest BCUT2D eigenvalue weighted by Crippen LogP contribution is -2.00. The zero-order chi connectivity index (χ0) is 13.1. The molecule has 0 unspecified atom stereocenters. The molecule has 0 atom stereocenters. The van der Waals surface area contributed by atoms with Crippen LogP contribution in [0.4, 0.5) is 0 Å². The number of aromatic nitrogens is 2. The summed E-state index contributed by atoms with van der Waals surface area (Å²) in [5.41, 5.74) is 5.82. The SMILES string of the molecule is Cc1cccc(-n2nc(C)c(CCCO)c2C)c1. The van der Waals surface area contributed by atoms with Gasteiger partial charge in [-0.05, 0) is 56.9 Å². The van der Waals surface area contributed by atoms with Crippen molar-refractivity contribution in [3.8, 4) is 5.69 Å². The molecule has 0 aliphatic rings. The van der Waals surface area contributed by atoms with E-state index < -0.39 is 0 Å². The molecule has 0 saturated heterocycles. The van der Waals surface area contributed by atoms with E-state index in [-0.39, 0.29) is 6.61 Å². The van der Waals surface area contributed by atoms with Gasteiger partial charge in [-0.25, -0.2) is 4.68 Å². The second kappa shape index (κ2) is 5.36. The molecule has 0 aliphatic heterocycles. The van der Waals surface area contributed by atoms with E-state index in [1.807, 2.05) is 11.6 Å². The molecule has 2 rings (SSSR count). The molecular formula is C15H20N2O. The Kier molecular flexibility index (Phi) is 3.82. The molecule has 0 fully saturated rings. The van der Waals surface area contributed by atoms with Gasteiger partial charge in [0, 0.05) is 12.3 Å². The van der Waals surface area contributed by atoms with Crippen LogP contribution in [0.1, 0.15) is 28.9 Å². The highest BCUT2D eigenvalue weighted by atomic mass is 16.2. The molecule has 1 heterocycles. The average Bonchev–Trinajstić information content (AvgIpc) is 2.63. The fraction of sp³-hybridized carbons (Fsp3) is 0.400. The molecule has 0 bridgehead atoms. The molecule has 3 nitrogen and oxygen atoms in total. The minimum atomic E-state index is 0.231. The van der Waals surface area contributed by atoms with Crippen LogP contribution in [0.2, 0.25) is 0 Å². The van der Waals surface area contributed by atoms with E-state index in [4.69, 9.17) is 5.11 Å². The quantitative estimate of drug-likeness (QED) is 0.898. The van der Waals surface area contributed by atoms with Crippen molar-refractivity contribution in [2.24, 2.45) is 0 Å². The predicted molar refractivity (Wildman–Crippen MR) is 73.2 cm³/mol. The number of aliphatic hydroxyl groups excluding tert-OH is 1. The fourth-order valence-electron chi connectivity index (χ4n) is 2.30. The summed E-state index contributed by atoms with van der Waals surface area (Å²) in [5, 5.41) is 13.6. The summed E-state index contributed by atoms with van der Waals surface area (Å²) in [5.74, 6) is 0. The zero-order valence-electron chi connectivity index (χ0n) is 11.3. The number of rotatable bonds is 4. The van der Waals surface area contributed by atoms with Gasteiger partial charge < -0.3 is 5.11 Å². The third-order valence-corrected chi connectivity index (χ3v) is 3.27. The molecule has 0 amide bonds. The Bertz CT molecular complexity index is 543. The van der Waals surface area contributed by atoms with Crippen LogP contribution in [0.15, 0.2) is 24.3 Å². The molecule has 3 heteroatoms.